The molecule has 1 aromatic rings. The van der Waals surface area contributed by atoms with Crippen molar-refractivity contribution in [1.29, 1.82) is 0 Å². The van der Waals surface area contributed by atoms with E-state index in [-0.39, 0.29) is 30.3 Å². The van der Waals surface area contributed by atoms with Gasteiger partial charge in [-0.2, -0.15) is 0 Å². The number of fused-ring (bicyclic) bond motifs is 2. The number of nitrogens with zero attached hydrogens (tertiary/aromatic N) is 1. The molecule has 5 atom stereocenters. The first-order valence-corrected chi connectivity index (χ1v) is 11.3. The minimum absolute atomic E-state index is 0. The van der Waals surface area contributed by atoms with Gasteiger partial charge in [0, 0.05) is 17.8 Å². The molecule has 0 saturated heterocycles. The largest absolute Gasteiger partial charge is 1.00 e. The van der Waals surface area contributed by atoms with Crippen LogP contribution in [0.15, 0.2) is 24.3 Å². The molecule has 0 aromatic heterocycles. The van der Waals surface area contributed by atoms with Crippen LogP contribution in [-0.4, -0.2) is 25.6 Å². The van der Waals surface area contributed by atoms with Gasteiger partial charge in [-0.1, -0.05) is 64.7 Å². The zero-order valence-electron chi connectivity index (χ0n) is 18.8. The molecule has 3 rings (SSSR count). The molecule has 3 nitrogen and oxygen atoms in total. The van der Waals surface area contributed by atoms with Crippen LogP contribution in [0.25, 0.3) is 4.72 Å². The van der Waals surface area contributed by atoms with Gasteiger partial charge in [0.25, 0.3) is 0 Å². The quantitative estimate of drug-likeness (QED) is 0.469. The van der Waals surface area contributed by atoms with E-state index in [9.17, 15) is 0 Å². The average molecular weight is 398 g/mol. The van der Waals surface area contributed by atoms with Gasteiger partial charge in [-0.3, -0.25) is 11.9 Å². The van der Waals surface area contributed by atoms with Crippen molar-refractivity contribution in [3.63, 3.8) is 0 Å². The third kappa shape index (κ3) is 4.19. The van der Waals surface area contributed by atoms with E-state index in [0.717, 1.165) is 12.2 Å². The normalized spacial score (nSPS) is 31.4. The fraction of sp³-hybridized carbons (Fsp3) is 0.739. The Morgan fingerprint density at radius 2 is 1.86 bits per heavy atom. The van der Waals surface area contributed by atoms with E-state index in [1.165, 1.54) is 31.2 Å². The number of unbranched alkanes of at least 4 members (excludes halogenated alkanes) is 1. The number of hydrogen-bond acceptors (Lipinski definition) is 3. The first-order valence-electron chi connectivity index (χ1n) is 10.4. The van der Waals surface area contributed by atoms with Gasteiger partial charge in [0.1, 0.15) is 5.75 Å². The smallest absolute Gasteiger partial charge is 0.599 e. The van der Waals surface area contributed by atoms with Crippen LogP contribution in [0, 0.1) is 16.7 Å². The van der Waals surface area contributed by atoms with Gasteiger partial charge in [0.2, 0.25) is 0 Å². The molecular weight excluding hydrogens is 361 g/mol. The van der Waals surface area contributed by atoms with E-state index >= 15 is 0 Å². The van der Waals surface area contributed by atoms with Crippen molar-refractivity contribution in [3.05, 3.63) is 34.6 Å². The molecule has 152 valence electrons. The molecule has 3 unspecified atom stereocenters. The molecule has 1 aromatic carbocycles. The van der Waals surface area contributed by atoms with Crippen LogP contribution in [-0.2, 0) is 4.74 Å². The minimum atomic E-state index is 0. The van der Waals surface area contributed by atoms with Gasteiger partial charge in [0.15, 0.2) is 0 Å². The summed E-state index contributed by atoms with van der Waals surface area (Å²) >= 11 is 1.81. The standard InChI is InChI=1S/C23H36NO2S.Li/c1-7-8-9-19(16-10-12-17(25-5)13-11-16)24-27-20-18-14-15-23(4,21(20)26-6)22(18,2)3;/h10-13,18-21H,7-9,14-15H2,1-6H3;/q-1;+1/t18-,19?,20?,21?,23+;/m1./s1. The summed E-state index contributed by atoms with van der Waals surface area (Å²) in [5.41, 5.74) is 1.87. The summed E-state index contributed by atoms with van der Waals surface area (Å²) in [4.78, 5) is 0. The van der Waals surface area contributed by atoms with Gasteiger partial charge < -0.3 is 14.2 Å². The second-order valence-electron chi connectivity index (χ2n) is 9.05. The van der Waals surface area contributed by atoms with E-state index in [0.29, 0.717) is 22.7 Å². The predicted octanol–water partition coefficient (Wildman–Crippen LogP) is 3.79. The van der Waals surface area contributed by atoms with Crippen molar-refractivity contribution in [2.45, 2.75) is 77.2 Å². The van der Waals surface area contributed by atoms with Gasteiger partial charge in [-0.05, 0) is 36.3 Å². The summed E-state index contributed by atoms with van der Waals surface area (Å²) in [5, 5.41) is 0.464. The second kappa shape index (κ2) is 9.80. The number of rotatable bonds is 9. The van der Waals surface area contributed by atoms with Crippen molar-refractivity contribution in [2.75, 3.05) is 14.2 Å². The Morgan fingerprint density at radius 3 is 2.43 bits per heavy atom. The molecule has 2 saturated carbocycles. The molecular formula is C23H36LiNO2S. The van der Waals surface area contributed by atoms with Crippen LogP contribution in [0.3, 0.4) is 0 Å². The van der Waals surface area contributed by atoms with Crippen molar-refractivity contribution in [1.82, 2.24) is 0 Å². The first-order chi connectivity index (χ1) is 12.9. The monoisotopic (exact) mass is 397 g/mol. The molecule has 28 heavy (non-hydrogen) atoms. The van der Waals surface area contributed by atoms with Crippen molar-refractivity contribution < 1.29 is 28.3 Å². The fourth-order valence-corrected chi connectivity index (χ4v) is 7.05. The fourth-order valence-electron chi connectivity index (χ4n) is 5.39. The Bertz CT molecular complexity index is 624. The van der Waals surface area contributed by atoms with Gasteiger partial charge in [-0.25, -0.2) is 0 Å². The van der Waals surface area contributed by atoms with E-state index in [1.807, 2.05) is 31.2 Å². The molecule has 5 heteroatoms. The average Bonchev–Trinajstić information content (AvgIpc) is 2.99. The Morgan fingerprint density at radius 1 is 1.18 bits per heavy atom. The molecule has 0 aliphatic heterocycles. The SMILES string of the molecule is CCCCC([N-]SC1C(OC)[C@]2(C)CC[C@H]1C2(C)C)c1ccc(OC)cc1.[Li+]. The third-order valence-corrected chi connectivity index (χ3v) is 8.79. The molecule has 0 spiro atoms. The summed E-state index contributed by atoms with van der Waals surface area (Å²) in [6.45, 7) is 9.56. The summed E-state index contributed by atoms with van der Waals surface area (Å²) in [6.07, 6.45) is 6.38. The summed E-state index contributed by atoms with van der Waals surface area (Å²) in [6, 6.07) is 8.68. The Kier molecular flexibility index (Phi) is 8.45. The predicted molar refractivity (Wildman–Crippen MR) is 115 cm³/mol. The van der Waals surface area contributed by atoms with Crippen molar-refractivity contribution >= 4 is 11.9 Å². The van der Waals surface area contributed by atoms with Gasteiger partial charge in [-0.15, -0.1) is 6.04 Å². The molecule has 0 amide bonds. The zero-order valence-corrected chi connectivity index (χ0v) is 19.6. The maximum absolute atomic E-state index is 6.05. The van der Waals surface area contributed by atoms with Crippen LogP contribution < -0.4 is 23.6 Å². The molecule has 2 aliphatic carbocycles. The van der Waals surface area contributed by atoms with E-state index in [4.69, 9.17) is 14.2 Å². The van der Waals surface area contributed by atoms with Gasteiger partial charge >= 0.3 is 18.9 Å². The van der Waals surface area contributed by atoms with E-state index < -0.39 is 0 Å². The zero-order chi connectivity index (χ0) is 19.7. The first kappa shape index (κ1) is 24.2. The van der Waals surface area contributed by atoms with Crippen LogP contribution >= 0.6 is 11.9 Å². The molecule has 0 N–H and O–H groups in total. The Labute approximate surface area is 188 Å². The summed E-state index contributed by atoms with van der Waals surface area (Å²) in [5.74, 6) is 1.59. The Balaban J connectivity index is 0.00000280. The molecule has 2 bridgehead atoms. The number of methoxy groups -OCH3 is 2. The van der Waals surface area contributed by atoms with Crippen molar-refractivity contribution in [2.24, 2.45) is 16.7 Å². The Hall–Kier alpha value is -0.113. The second-order valence-corrected chi connectivity index (χ2v) is 10.0. The van der Waals surface area contributed by atoms with E-state index in [1.54, 1.807) is 7.11 Å². The summed E-state index contributed by atoms with van der Waals surface area (Å²) < 4.78 is 16.5. The maximum Gasteiger partial charge on any atom is 1.00 e. The molecule has 2 fully saturated rings. The maximum atomic E-state index is 6.05. The molecule has 2 aliphatic rings. The van der Waals surface area contributed by atoms with Gasteiger partial charge in [0.05, 0.1) is 13.2 Å². The van der Waals surface area contributed by atoms with E-state index in [2.05, 4.69) is 39.8 Å². The van der Waals surface area contributed by atoms with Crippen molar-refractivity contribution in [3.8, 4) is 5.75 Å². The molecule has 0 radical (unpaired) electrons. The number of benzene rings is 1. The number of hydrogen-bond donors (Lipinski definition) is 0. The van der Waals surface area contributed by atoms with Crippen LogP contribution in [0.2, 0.25) is 0 Å². The number of ether oxygens (including phenoxy) is 2. The van der Waals surface area contributed by atoms with Crippen LogP contribution in [0.4, 0.5) is 0 Å². The van der Waals surface area contributed by atoms with Crippen LogP contribution in [0.5, 0.6) is 5.75 Å². The topological polar surface area (TPSA) is 32.6 Å². The summed E-state index contributed by atoms with van der Waals surface area (Å²) in [7, 11) is 3.60. The molecule has 0 heterocycles. The third-order valence-electron chi connectivity index (χ3n) is 7.59. The van der Waals surface area contributed by atoms with Crippen LogP contribution in [0.1, 0.15) is 71.4 Å². The minimum Gasteiger partial charge on any atom is -0.599 e.